The van der Waals surface area contributed by atoms with Crippen LogP contribution in [0.15, 0.2) is 30.5 Å². The molecule has 0 atom stereocenters. The van der Waals surface area contributed by atoms with Crippen molar-refractivity contribution in [3.63, 3.8) is 0 Å². The van der Waals surface area contributed by atoms with Crippen LogP contribution >= 0.6 is 12.2 Å². The number of hydrogen-bond acceptors (Lipinski definition) is 2. The zero-order chi connectivity index (χ0) is 13.8. The molecule has 0 aliphatic carbocycles. The number of benzene rings is 1. The Hall–Kier alpha value is -1.95. The highest BCUT2D eigenvalue weighted by Gasteiger charge is 2.06. The third kappa shape index (κ3) is 3.51. The first-order valence-electron chi connectivity index (χ1n) is 5.96. The summed E-state index contributed by atoms with van der Waals surface area (Å²) in [6, 6.07) is 6.15. The highest BCUT2D eigenvalue weighted by Crippen LogP contribution is 2.14. The first kappa shape index (κ1) is 13.5. The lowest BCUT2D eigenvalue weighted by Gasteiger charge is -2.09. The first-order valence-corrected chi connectivity index (χ1v) is 6.37. The number of nitrogens with one attached hydrogen (secondary N) is 2. The van der Waals surface area contributed by atoms with Crippen molar-refractivity contribution in [1.82, 2.24) is 9.78 Å². The minimum absolute atomic E-state index is 0.303. The van der Waals surface area contributed by atoms with Crippen molar-refractivity contribution in [3.8, 4) is 0 Å². The van der Waals surface area contributed by atoms with E-state index in [4.69, 9.17) is 12.2 Å². The molecule has 100 valence electrons. The number of nitrogens with zero attached hydrogens (tertiary/aromatic N) is 2. The SMILES string of the molecule is CCn1cc(NC(=S)Nc2cccc(F)c2)c(C)n1. The number of hydrogen-bond donors (Lipinski definition) is 2. The van der Waals surface area contributed by atoms with Gasteiger partial charge in [-0.15, -0.1) is 0 Å². The highest BCUT2D eigenvalue weighted by molar-refractivity contribution is 7.80. The average Bonchev–Trinajstić information content (AvgIpc) is 2.70. The molecule has 0 fully saturated rings. The Morgan fingerprint density at radius 1 is 1.42 bits per heavy atom. The smallest absolute Gasteiger partial charge is 0.175 e. The molecule has 0 aliphatic rings. The molecule has 0 bridgehead atoms. The van der Waals surface area contributed by atoms with E-state index >= 15 is 0 Å². The van der Waals surface area contributed by atoms with Gasteiger partial charge in [-0.2, -0.15) is 5.10 Å². The fraction of sp³-hybridized carbons (Fsp3) is 0.231. The predicted molar refractivity (Wildman–Crippen MR) is 78.9 cm³/mol. The van der Waals surface area contributed by atoms with Crippen molar-refractivity contribution in [3.05, 3.63) is 42.0 Å². The number of rotatable bonds is 3. The summed E-state index contributed by atoms with van der Waals surface area (Å²) in [5.74, 6) is -0.303. The molecule has 0 aliphatic heterocycles. The Bertz CT molecular complexity index is 594. The Labute approximate surface area is 116 Å². The molecule has 0 spiro atoms. The molecule has 0 radical (unpaired) electrons. The molecule has 19 heavy (non-hydrogen) atoms. The summed E-state index contributed by atoms with van der Waals surface area (Å²) in [6.07, 6.45) is 1.88. The van der Waals surface area contributed by atoms with Gasteiger partial charge in [0.05, 0.1) is 11.4 Å². The van der Waals surface area contributed by atoms with Gasteiger partial charge in [-0.1, -0.05) is 6.07 Å². The maximum Gasteiger partial charge on any atom is 0.175 e. The topological polar surface area (TPSA) is 41.9 Å². The van der Waals surface area contributed by atoms with Crippen LogP contribution in [0.5, 0.6) is 0 Å². The molecule has 0 amide bonds. The van der Waals surface area contributed by atoms with E-state index in [9.17, 15) is 4.39 Å². The maximum absolute atomic E-state index is 13.0. The van der Waals surface area contributed by atoms with Gasteiger partial charge >= 0.3 is 0 Å². The van der Waals surface area contributed by atoms with Crippen molar-refractivity contribution < 1.29 is 4.39 Å². The Kier molecular flexibility index (Phi) is 4.11. The van der Waals surface area contributed by atoms with E-state index in [0.717, 1.165) is 17.9 Å². The molecule has 2 aromatic rings. The fourth-order valence-corrected chi connectivity index (χ4v) is 1.88. The van der Waals surface area contributed by atoms with Crippen LogP contribution in [-0.2, 0) is 6.54 Å². The molecule has 0 unspecified atom stereocenters. The third-order valence-electron chi connectivity index (χ3n) is 2.60. The van der Waals surface area contributed by atoms with Crippen molar-refractivity contribution in [2.24, 2.45) is 0 Å². The molecule has 0 saturated carbocycles. The van der Waals surface area contributed by atoms with Crippen LogP contribution < -0.4 is 10.6 Å². The molecule has 2 rings (SSSR count). The molecule has 1 aromatic carbocycles. The van der Waals surface area contributed by atoms with Crippen LogP contribution in [-0.4, -0.2) is 14.9 Å². The van der Waals surface area contributed by atoms with Crippen LogP contribution in [0, 0.1) is 12.7 Å². The fourth-order valence-electron chi connectivity index (χ4n) is 1.65. The zero-order valence-electron chi connectivity index (χ0n) is 10.8. The van der Waals surface area contributed by atoms with Crippen molar-refractivity contribution >= 4 is 28.7 Å². The molecular weight excluding hydrogens is 263 g/mol. The molecule has 4 nitrogen and oxygen atoms in total. The van der Waals surface area contributed by atoms with Gasteiger partial charge in [0.1, 0.15) is 5.82 Å². The number of thiocarbonyl (C=S) groups is 1. The zero-order valence-corrected chi connectivity index (χ0v) is 11.6. The average molecular weight is 278 g/mol. The Morgan fingerprint density at radius 3 is 2.84 bits per heavy atom. The van der Waals surface area contributed by atoms with E-state index in [-0.39, 0.29) is 5.82 Å². The van der Waals surface area contributed by atoms with Gasteiger partial charge < -0.3 is 10.6 Å². The predicted octanol–water partition coefficient (Wildman–Crippen LogP) is 3.16. The lowest BCUT2D eigenvalue weighted by atomic mass is 10.3. The van der Waals surface area contributed by atoms with Gasteiger partial charge in [0, 0.05) is 18.4 Å². The Morgan fingerprint density at radius 2 is 2.21 bits per heavy atom. The quantitative estimate of drug-likeness (QED) is 0.846. The van der Waals surface area contributed by atoms with Gasteiger partial charge in [-0.05, 0) is 44.3 Å². The van der Waals surface area contributed by atoms with Crippen LogP contribution in [0.2, 0.25) is 0 Å². The monoisotopic (exact) mass is 278 g/mol. The maximum atomic E-state index is 13.0. The lowest BCUT2D eigenvalue weighted by Crippen LogP contribution is -2.19. The number of aryl methyl sites for hydroxylation is 2. The normalized spacial score (nSPS) is 10.3. The summed E-state index contributed by atoms with van der Waals surface area (Å²) in [5.41, 5.74) is 2.32. The summed E-state index contributed by atoms with van der Waals surface area (Å²) in [7, 11) is 0. The molecule has 2 N–H and O–H groups in total. The Balaban J connectivity index is 2.03. The van der Waals surface area contributed by atoms with Gasteiger partial charge in [0.15, 0.2) is 5.11 Å². The number of anilines is 2. The van der Waals surface area contributed by atoms with Gasteiger partial charge in [-0.3, -0.25) is 4.68 Å². The summed E-state index contributed by atoms with van der Waals surface area (Å²) in [4.78, 5) is 0. The van der Waals surface area contributed by atoms with Crippen LogP contribution in [0.25, 0.3) is 0 Å². The van der Waals surface area contributed by atoms with Crippen molar-refractivity contribution in [2.45, 2.75) is 20.4 Å². The second kappa shape index (κ2) is 5.79. The molecule has 0 saturated heterocycles. The van der Waals surface area contributed by atoms with E-state index in [1.54, 1.807) is 12.1 Å². The van der Waals surface area contributed by atoms with E-state index in [1.807, 2.05) is 24.7 Å². The van der Waals surface area contributed by atoms with E-state index in [1.165, 1.54) is 12.1 Å². The molecular formula is C13H15FN4S. The van der Waals surface area contributed by atoms with Gasteiger partial charge in [0.2, 0.25) is 0 Å². The summed E-state index contributed by atoms with van der Waals surface area (Å²) in [5, 5.41) is 10.7. The molecule has 1 aromatic heterocycles. The minimum atomic E-state index is -0.303. The van der Waals surface area contributed by atoms with E-state index in [0.29, 0.717) is 10.8 Å². The van der Waals surface area contributed by atoms with Crippen LogP contribution in [0.3, 0.4) is 0 Å². The molecule has 6 heteroatoms. The summed E-state index contributed by atoms with van der Waals surface area (Å²) in [6.45, 7) is 4.71. The second-order valence-electron chi connectivity index (χ2n) is 4.07. The largest absolute Gasteiger partial charge is 0.332 e. The van der Waals surface area contributed by atoms with Crippen LogP contribution in [0.4, 0.5) is 15.8 Å². The summed E-state index contributed by atoms with van der Waals surface area (Å²) < 4.78 is 14.9. The number of aromatic nitrogens is 2. The highest BCUT2D eigenvalue weighted by atomic mass is 32.1. The van der Waals surface area contributed by atoms with Crippen molar-refractivity contribution in [1.29, 1.82) is 0 Å². The van der Waals surface area contributed by atoms with Crippen molar-refractivity contribution in [2.75, 3.05) is 10.6 Å². The van der Waals surface area contributed by atoms with E-state index in [2.05, 4.69) is 15.7 Å². The number of halogens is 1. The van der Waals surface area contributed by atoms with Crippen LogP contribution in [0.1, 0.15) is 12.6 Å². The lowest BCUT2D eigenvalue weighted by molar-refractivity contribution is 0.628. The first-order chi connectivity index (χ1) is 9.08. The standard InChI is InChI=1S/C13H15FN4S/c1-3-18-8-12(9(2)17-18)16-13(19)15-11-6-4-5-10(14)7-11/h4-8H,3H2,1-2H3,(H2,15,16,19). The minimum Gasteiger partial charge on any atom is -0.332 e. The van der Waals surface area contributed by atoms with Gasteiger partial charge in [0.25, 0.3) is 0 Å². The third-order valence-corrected chi connectivity index (χ3v) is 2.81. The summed E-state index contributed by atoms with van der Waals surface area (Å²) >= 11 is 5.18. The van der Waals surface area contributed by atoms with Gasteiger partial charge in [-0.25, -0.2) is 4.39 Å². The van der Waals surface area contributed by atoms with E-state index < -0.39 is 0 Å². The second-order valence-corrected chi connectivity index (χ2v) is 4.48. The molecule has 1 heterocycles.